The number of nitrogens with zero attached hydrogens (tertiary/aromatic N) is 2. The summed E-state index contributed by atoms with van der Waals surface area (Å²) in [6, 6.07) is 3.43. The molecule has 0 aliphatic rings. The van der Waals surface area contributed by atoms with Crippen molar-refractivity contribution in [2.75, 3.05) is 6.61 Å². The second kappa shape index (κ2) is 3.26. The Hall–Kier alpha value is -1.62. The highest BCUT2D eigenvalue weighted by Gasteiger charge is 2.07. The normalized spacial score (nSPS) is 11.0. The Kier molecular flexibility index (Phi) is 2.09. The number of oxazole rings is 1. The van der Waals surface area contributed by atoms with Crippen LogP contribution in [0.1, 0.15) is 5.69 Å². The van der Waals surface area contributed by atoms with Crippen molar-refractivity contribution in [3.63, 3.8) is 0 Å². The molecule has 0 aliphatic heterocycles. The van der Waals surface area contributed by atoms with Gasteiger partial charge in [-0.05, 0) is 12.1 Å². The first kappa shape index (κ1) is 8.96. The Morgan fingerprint density at radius 2 is 2.36 bits per heavy atom. The van der Waals surface area contributed by atoms with Gasteiger partial charge < -0.3 is 9.52 Å². The fraction of sp³-hybridized carbons (Fsp3) is 0.333. The van der Waals surface area contributed by atoms with Gasteiger partial charge in [-0.2, -0.15) is 0 Å². The third-order valence-electron chi connectivity index (χ3n) is 2.05. The Morgan fingerprint density at radius 1 is 1.57 bits per heavy atom. The van der Waals surface area contributed by atoms with Crippen LogP contribution >= 0.6 is 0 Å². The zero-order chi connectivity index (χ0) is 10.1. The molecule has 74 valence electrons. The van der Waals surface area contributed by atoms with Crippen molar-refractivity contribution in [3.8, 4) is 0 Å². The Morgan fingerprint density at radius 3 is 3.07 bits per heavy atom. The van der Waals surface area contributed by atoms with Crippen LogP contribution in [0.5, 0.6) is 0 Å². The van der Waals surface area contributed by atoms with Gasteiger partial charge in [0.25, 0.3) is 0 Å². The van der Waals surface area contributed by atoms with Crippen molar-refractivity contribution < 1.29 is 9.52 Å². The van der Waals surface area contributed by atoms with E-state index in [1.165, 1.54) is 4.57 Å². The van der Waals surface area contributed by atoms with Gasteiger partial charge in [0.2, 0.25) is 0 Å². The summed E-state index contributed by atoms with van der Waals surface area (Å²) >= 11 is 0. The second-order valence-electron chi connectivity index (χ2n) is 3.02. The highest BCUT2D eigenvalue weighted by Crippen LogP contribution is 2.09. The van der Waals surface area contributed by atoms with Gasteiger partial charge in [0, 0.05) is 25.8 Å². The van der Waals surface area contributed by atoms with E-state index in [0.717, 1.165) is 5.69 Å². The van der Waals surface area contributed by atoms with Crippen molar-refractivity contribution in [1.29, 1.82) is 0 Å². The second-order valence-corrected chi connectivity index (χ2v) is 3.02. The lowest BCUT2D eigenvalue weighted by Crippen LogP contribution is -2.09. The summed E-state index contributed by atoms with van der Waals surface area (Å²) in [4.78, 5) is 15.3. The lowest BCUT2D eigenvalue weighted by atomic mass is 10.3. The molecule has 1 N–H and O–H groups in total. The van der Waals surface area contributed by atoms with E-state index in [4.69, 9.17) is 9.52 Å². The van der Waals surface area contributed by atoms with Gasteiger partial charge in [0.1, 0.15) is 0 Å². The maximum absolute atomic E-state index is 11.1. The summed E-state index contributed by atoms with van der Waals surface area (Å²) in [5.74, 6) is -0.423. The number of pyridine rings is 1. The molecule has 0 unspecified atom stereocenters. The van der Waals surface area contributed by atoms with Crippen LogP contribution < -0.4 is 5.76 Å². The number of rotatable bonds is 2. The van der Waals surface area contributed by atoms with E-state index in [2.05, 4.69) is 4.98 Å². The van der Waals surface area contributed by atoms with Gasteiger partial charge in [-0.3, -0.25) is 4.57 Å². The largest absolute Gasteiger partial charge is 0.420 e. The van der Waals surface area contributed by atoms with Crippen molar-refractivity contribution in [2.24, 2.45) is 7.05 Å². The molecule has 0 aromatic carbocycles. The monoisotopic (exact) mass is 194 g/mol. The van der Waals surface area contributed by atoms with Crippen LogP contribution in [-0.2, 0) is 13.5 Å². The highest BCUT2D eigenvalue weighted by atomic mass is 16.4. The molecule has 0 saturated carbocycles. The first-order valence-electron chi connectivity index (χ1n) is 4.28. The highest BCUT2D eigenvalue weighted by molar-refractivity contribution is 5.67. The minimum Gasteiger partial charge on any atom is -0.406 e. The molecule has 5 heteroatoms. The first-order chi connectivity index (χ1) is 6.72. The number of hydrogen-bond acceptors (Lipinski definition) is 4. The van der Waals surface area contributed by atoms with Crippen molar-refractivity contribution >= 4 is 11.2 Å². The molecule has 0 radical (unpaired) electrons. The lowest BCUT2D eigenvalue weighted by molar-refractivity contribution is 0.298. The third kappa shape index (κ3) is 1.31. The summed E-state index contributed by atoms with van der Waals surface area (Å²) in [7, 11) is 1.60. The number of aromatic nitrogens is 2. The van der Waals surface area contributed by atoms with Crippen LogP contribution in [0.25, 0.3) is 11.2 Å². The number of hydrogen-bond donors (Lipinski definition) is 1. The van der Waals surface area contributed by atoms with Crippen LogP contribution in [0.3, 0.4) is 0 Å². The number of aliphatic hydroxyl groups excluding tert-OH is 1. The molecule has 0 spiro atoms. The summed E-state index contributed by atoms with van der Waals surface area (Å²) in [5, 5.41) is 8.73. The molecule has 2 rings (SSSR count). The van der Waals surface area contributed by atoms with Gasteiger partial charge in [-0.1, -0.05) is 0 Å². The zero-order valence-electron chi connectivity index (χ0n) is 7.73. The van der Waals surface area contributed by atoms with E-state index >= 15 is 0 Å². The summed E-state index contributed by atoms with van der Waals surface area (Å²) in [6.07, 6.45) is 0.481. The summed E-state index contributed by atoms with van der Waals surface area (Å²) < 4.78 is 6.26. The first-order valence-corrected chi connectivity index (χ1v) is 4.28. The van der Waals surface area contributed by atoms with Crippen LogP contribution in [0, 0.1) is 0 Å². The van der Waals surface area contributed by atoms with E-state index in [9.17, 15) is 4.79 Å². The predicted octanol–water partition coefficient (Wildman–Crippen LogP) is 0.0613. The van der Waals surface area contributed by atoms with E-state index in [1.807, 2.05) is 0 Å². The van der Waals surface area contributed by atoms with E-state index < -0.39 is 5.76 Å². The number of aryl methyl sites for hydroxylation is 1. The molecule has 0 fully saturated rings. The fourth-order valence-corrected chi connectivity index (χ4v) is 1.30. The van der Waals surface area contributed by atoms with Crippen molar-refractivity contribution in [1.82, 2.24) is 9.55 Å². The van der Waals surface area contributed by atoms with Crippen LogP contribution in [0.4, 0.5) is 0 Å². The topological polar surface area (TPSA) is 68.3 Å². The predicted molar refractivity (Wildman–Crippen MR) is 50.0 cm³/mol. The summed E-state index contributed by atoms with van der Waals surface area (Å²) in [5.41, 5.74) is 1.73. The van der Waals surface area contributed by atoms with Crippen molar-refractivity contribution in [2.45, 2.75) is 6.42 Å². The molecule has 2 aromatic rings. The number of aliphatic hydroxyl groups is 1. The quantitative estimate of drug-likeness (QED) is 0.734. The zero-order valence-corrected chi connectivity index (χ0v) is 7.73. The molecule has 2 heterocycles. The van der Waals surface area contributed by atoms with E-state index in [-0.39, 0.29) is 6.61 Å². The maximum Gasteiger partial charge on any atom is 0.420 e. The molecular formula is C9H10N2O3. The smallest absolute Gasteiger partial charge is 0.406 e. The molecule has 5 nitrogen and oxygen atoms in total. The van der Waals surface area contributed by atoms with Gasteiger partial charge in [-0.15, -0.1) is 0 Å². The Bertz CT molecular complexity index is 512. The lowest BCUT2D eigenvalue weighted by Gasteiger charge is -1.96. The van der Waals surface area contributed by atoms with Crippen LogP contribution in [0.15, 0.2) is 21.3 Å². The Balaban J connectivity index is 2.63. The van der Waals surface area contributed by atoms with Gasteiger partial charge in [-0.25, -0.2) is 9.78 Å². The van der Waals surface area contributed by atoms with E-state index in [1.54, 1.807) is 19.2 Å². The molecule has 0 bridgehead atoms. The minimum absolute atomic E-state index is 0.0459. The molecule has 0 amide bonds. The van der Waals surface area contributed by atoms with Crippen LogP contribution in [-0.4, -0.2) is 21.3 Å². The van der Waals surface area contributed by atoms with Gasteiger partial charge in [0.15, 0.2) is 11.2 Å². The minimum atomic E-state index is -0.423. The van der Waals surface area contributed by atoms with Crippen LogP contribution in [0.2, 0.25) is 0 Å². The molecule has 0 atom stereocenters. The average molecular weight is 194 g/mol. The molecule has 2 aromatic heterocycles. The average Bonchev–Trinajstić information content (AvgIpc) is 2.45. The molecule has 0 saturated heterocycles. The summed E-state index contributed by atoms with van der Waals surface area (Å²) in [6.45, 7) is 0.0459. The molecular weight excluding hydrogens is 184 g/mol. The van der Waals surface area contributed by atoms with Gasteiger partial charge in [0.05, 0.1) is 0 Å². The SMILES string of the molecule is Cn1c(=O)oc2ccc(CCO)nc21. The maximum atomic E-state index is 11.1. The third-order valence-corrected chi connectivity index (χ3v) is 2.05. The van der Waals surface area contributed by atoms with E-state index in [0.29, 0.717) is 17.7 Å². The molecule has 14 heavy (non-hydrogen) atoms. The standard InChI is InChI=1S/C9H10N2O3/c1-11-8-7(14-9(11)13)3-2-6(10-8)4-5-12/h2-3,12H,4-5H2,1H3. The number of fused-ring (bicyclic) bond motifs is 1. The molecule has 0 aliphatic carbocycles. The Labute approximate surface area is 79.6 Å². The fourth-order valence-electron chi connectivity index (χ4n) is 1.30. The van der Waals surface area contributed by atoms with Gasteiger partial charge >= 0.3 is 5.76 Å². The van der Waals surface area contributed by atoms with Crippen molar-refractivity contribution in [3.05, 3.63) is 28.4 Å².